The number of benzene rings is 4. The van der Waals surface area contributed by atoms with E-state index in [2.05, 4.69) is 91.8 Å². The minimum Gasteiger partial charge on any atom is -0.381 e. The van der Waals surface area contributed by atoms with Crippen molar-refractivity contribution in [2.75, 3.05) is 88.0 Å². The molecule has 3 saturated heterocycles. The van der Waals surface area contributed by atoms with Gasteiger partial charge in [-0.25, -0.2) is 13.1 Å². The van der Waals surface area contributed by atoms with E-state index in [0.29, 0.717) is 40.3 Å². The molecule has 81 heavy (non-hydrogen) atoms. The average molecular weight is 1130 g/mol. The number of hydrogen-bond acceptors (Lipinski definition) is 12. The molecule has 8 aliphatic rings. The number of sulfonamides is 1. The summed E-state index contributed by atoms with van der Waals surface area (Å²) in [6, 6.07) is 27.8. The first kappa shape index (κ1) is 56.9. The Morgan fingerprint density at radius 2 is 1.54 bits per heavy atom. The molecule has 2 bridgehead atoms. The molecule has 16 heteroatoms. The number of allylic oxidation sites excluding steroid dienone is 1. The maximum atomic E-state index is 13.7. The summed E-state index contributed by atoms with van der Waals surface area (Å²) in [4.78, 5) is 63.8. The molecule has 4 aliphatic carbocycles. The van der Waals surface area contributed by atoms with Gasteiger partial charge in [0, 0.05) is 130 Å². The van der Waals surface area contributed by atoms with Gasteiger partial charge >= 0.3 is 0 Å². The first-order chi connectivity index (χ1) is 38.9. The number of anilines is 2. The Labute approximate surface area is 484 Å². The summed E-state index contributed by atoms with van der Waals surface area (Å²) in [5, 5.41) is 6.13. The van der Waals surface area contributed by atoms with E-state index < -0.39 is 27.9 Å². The highest BCUT2D eigenvalue weighted by molar-refractivity contribution is 7.99. The highest BCUT2D eigenvalue weighted by Gasteiger charge is 2.67. The minimum atomic E-state index is -4.15. The second-order valence-corrected chi connectivity index (χ2v) is 28.1. The molecule has 4 heterocycles. The Morgan fingerprint density at radius 3 is 2.25 bits per heavy atom. The van der Waals surface area contributed by atoms with Crippen molar-refractivity contribution in [3.63, 3.8) is 0 Å². The van der Waals surface area contributed by atoms with Crippen LogP contribution in [0.25, 0.3) is 0 Å². The highest BCUT2D eigenvalue weighted by atomic mass is 32.2. The van der Waals surface area contributed by atoms with E-state index in [1.807, 2.05) is 48.9 Å². The van der Waals surface area contributed by atoms with E-state index in [0.717, 1.165) is 125 Å². The van der Waals surface area contributed by atoms with E-state index in [1.54, 1.807) is 52.6 Å². The molecule has 1 unspecified atom stereocenters. The van der Waals surface area contributed by atoms with Gasteiger partial charge in [0.25, 0.3) is 21.8 Å². The lowest BCUT2D eigenvalue weighted by atomic mass is 9.33. The van der Waals surface area contributed by atoms with Gasteiger partial charge in [-0.15, -0.1) is 11.8 Å². The summed E-state index contributed by atoms with van der Waals surface area (Å²) >= 11 is 1.80. The van der Waals surface area contributed by atoms with Gasteiger partial charge in [0.1, 0.15) is 6.04 Å². The molecular weight excluding hydrogens is 1050 g/mol. The number of nitrogens with zero attached hydrogens (tertiary/aromatic N) is 5. The van der Waals surface area contributed by atoms with Gasteiger partial charge in [0.05, 0.1) is 4.90 Å². The zero-order chi connectivity index (χ0) is 56.5. The van der Waals surface area contributed by atoms with Crippen molar-refractivity contribution >= 4 is 56.8 Å². The summed E-state index contributed by atoms with van der Waals surface area (Å²) in [7, 11) is -4.15. The summed E-state index contributed by atoms with van der Waals surface area (Å²) in [6.07, 6.45) is 11.0. The number of unbranched alkanes of at least 4 members (excludes halogenated alkanes) is 1. The lowest BCUT2D eigenvalue weighted by Crippen LogP contribution is -2.61. The van der Waals surface area contributed by atoms with Crippen LogP contribution in [0.15, 0.2) is 112 Å². The molecule has 0 radical (unpaired) electrons. The Bertz CT molecular complexity index is 3220. The topological polar surface area (TPSA) is 155 Å². The molecule has 0 spiro atoms. The lowest BCUT2D eigenvalue weighted by Gasteiger charge is -2.72. The zero-order valence-electron chi connectivity index (χ0n) is 47.8. The molecule has 3 N–H and O–H groups in total. The van der Waals surface area contributed by atoms with Gasteiger partial charge in [-0.3, -0.25) is 29.4 Å². The number of rotatable bonds is 19. The highest BCUT2D eigenvalue weighted by Crippen LogP contribution is 2.77. The summed E-state index contributed by atoms with van der Waals surface area (Å²) < 4.78 is 29.8. The molecule has 0 aromatic heterocycles. The fourth-order valence-corrected chi connectivity index (χ4v) is 16.2. The molecule has 12 rings (SSSR count). The minimum absolute atomic E-state index is 0.0453. The summed E-state index contributed by atoms with van der Waals surface area (Å²) in [5.74, 6) is 5.91. The Balaban J connectivity index is 0.632. The number of hydrogen-bond donors (Lipinski definition) is 3. The number of amides is 4. The Morgan fingerprint density at radius 1 is 0.827 bits per heavy atom. The van der Waals surface area contributed by atoms with Crippen LogP contribution in [-0.4, -0.2) is 141 Å². The fourth-order valence-electron chi connectivity index (χ4n) is 14.1. The van der Waals surface area contributed by atoms with Crippen LogP contribution in [-0.2, 0) is 26.2 Å². The van der Waals surface area contributed by atoms with E-state index in [9.17, 15) is 27.6 Å². The lowest BCUT2D eigenvalue weighted by molar-refractivity contribution is -0.167. The van der Waals surface area contributed by atoms with Crippen molar-refractivity contribution in [3.8, 4) is 11.8 Å². The quantitative estimate of drug-likeness (QED) is 0.0270. The molecule has 3 saturated carbocycles. The fraction of sp³-hybridized carbons (Fsp3) is 0.508. The first-order valence-electron chi connectivity index (χ1n) is 29.5. The SMILES string of the molecule is Cc1cc(S(=O)(=O)NC(=O)c2ccc(N3CCN(CC4=C(C56CC(C)(C5)C6)CC(C)(C)CC4)CC3)cc2)ccc1N[C@H](CCN1CCN(CCCC#Cc2cccc3c2CN(C2CCC(=O)NC2=O)C3=O)CC1)CSc1ccccc1. The van der Waals surface area contributed by atoms with E-state index in [4.69, 9.17) is 0 Å². The number of aryl methyl sites for hydroxylation is 1. The molecule has 6 fully saturated rings. The van der Waals surface area contributed by atoms with E-state index >= 15 is 0 Å². The third-order valence-corrected chi connectivity index (χ3v) is 21.0. The molecule has 428 valence electrons. The van der Waals surface area contributed by atoms with Gasteiger partial charge in [0.2, 0.25) is 11.8 Å². The number of fused-ring (bicyclic) bond motifs is 1. The van der Waals surface area contributed by atoms with Crippen molar-refractivity contribution in [2.45, 2.75) is 127 Å². The molecule has 14 nitrogen and oxygen atoms in total. The number of nitrogens with one attached hydrogen (secondary N) is 3. The number of piperidine rings is 1. The van der Waals surface area contributed by atoms with Crippen LogP contribution in [0.2, 0.25) is 0 Å². The van der Waals surface area contributed by atoms with Crippen molar-refractivity contribution in [1.29, 1.82) is 0 Å². The zero-order valence-corrected chi connectivity index (χ0v) is 49.4. The number of imide groups is 1. The number of piperazine rings is 2. The molecule has 4 aromatic carbocycles. The van der Waals surface area contributed by atoms with Crippen LogP contribution in [0, 0.1) is 35.0 Å². The van der Waals surface area contributed by atoms with E-state index in [1.165, 1.54) is 43.4 Å². The third-order valence-electron chi connectivity index (χ3n) is 18.5. The number of carbonyl (C=O) groups is 4. The van der Waals surface area contributed by atoms with Gasteiger partial charge in [-0.05, 0) is 165 Å². The van der Waals surface area contributed by atoms with Crippen LogP contribution >= 0.6 is 11.8 Å². The summed E-state index contributed by atoms with van der Waals surface area (Å²) in [6.45, 7) is 20.3. The van der Waals surface area contributed by atoms with Crippen molar-refractivity contribution in [3.05, 3.63) is 130 Å². The molecule has 4 amide bonds. The predicted octanol–water partition coefficient (Wildman–Crippen LogP) is 9.11. The van der Waals surface area contributed by atoms with Crippen LogP contribution in [0.5, 0.6) is 0 Å². The monoisotopic (exact) mass is 1130 g/mol. The standard InChI is InChI=1S/C65H80N8O6S2/c1-46-38-53(81(78,79)68-60(75)48-17-19-51(20-18-48)72-36-34-71(35-37-72)40-49-25-27-63(2,3)39-56(49)65-43-64(4,44-65)45-65)21-22-57(46)66-50(42-80-52-14-8-5-9-15-52)26-29-70-32-30-69(31-33-70)28-10-6-7-12-47-13-11-16-54-55(47)41-73(62(54)77)58-23-24-59(74)67-61(58)76/h5,8-9,11,13-22,38,50,58,66H,6,10,23-37,39-45H2,1-4H3,(H,68,75)(H,67,74,76)/t50-,58?,64?,65?/m1/s1. The van der Waals surface area contributed by atoms with Gasteiger partial charge < -0.3 is 24.9 Å². The van der Waals surface area contributed by atoms with Gasteiger partial charge in [-0.2, -0.15) is 0 Å². The Hall–Kier alpha value is -5.96. The van der Waals surface area contributed by atoms with Crippen LogP contribution < -0.4 is 20.3 Å². The normalized spacial score (nSPS) is 24.3. The largest absolute Gasteiger partial charge is 0.381 e. The van der Waals surface area contributed by atoms with Gasteiger partial charge in [-0.1, -0.05) is 68.0 Å². The number of carbonyl (C=O) groups excluding carboxylic acids is 4. The second-order valence-electron chi connectivity index (χ2n) is 25.3. The third kappa shape index (κ3) is 13.0. The van der Waals surface area contributed by atoms with Gasteiger partial charge in [0.15, 0.2) is 0 Å². The molecule has 4 aromatic rings. The van der Waals surface area contributed by atoms with E-state index in [-0.39, 0.29) is 29.2 Å². The van der Waals surface area contributed by atoms with Crippen molar-refractivity contribution in [2.24, 2.45) is 16.2 Å². The van der Waals surface area contributed by atoms with Crippen molar-refractivity contribution in [1.82, 2.24) is 29.6 Å². The number of thioether (sulfide) groups is 1. The average Bonchev–Trinajstić information content (AvgIpc) is 3.19. The van der Waals surface area contributed by atoms with Crippen LogP contribution in [0.4, 0.5) is 11.4 Å². The maximum absolute atomic E-state index is 13.7. The summed E-state index contributed by atoms with van der Waals surface area (Å²) in [5.41, 5.74) is 10.3. The maximum Gasteiger partial charge on any atom is 0.264 e. The first-order valence-corrected chi connectivity index (χ1v) is 32.0. The van der Waals surface area contributed by atoms with Crippen molar-refractivity contribution < 1.29 is 27.6 Å². The molecule has 2 atom stereocenters. The smallest absolute Gasteiger partial charge is 0.264 e. The molecule has 4 aliphatic heterocycles. The van der Waals surface area contributed by atoms with Crippen LogP contribution in [0.3, 0.4) is 0 Å². The Kier molecular flexibility index (Phi) is 16.7. The van der Waals surface area contributed by atoms with Crippen LogP contribution in [0.1, 0.15) is 129 Å². The second kappa shape index (κ2) is 23.7. The molecular formula is C65H80N8O6S2. The predicted molar refractivity (Wildman–Crippen MR) is 321 cm³/mol.